The first-order chi connectivity index (χ1) is 6.04. The zero-order valence-corrected chi connectivity index (χ0v) is 6.95. The van der Waals surface area contributed by atoms with Gasteiger partial charge in [0.2, 0.25) is 0 Å². The van der Waals surface area contributed by atoms with E-state index in [2.05, 4.69) is 0 Å². The topological polar surface area (TPSA) is 118 Å². The summed E-state index contributed by atoms with van der Waals surface area (Å²) in [7, 11) is 0. The van der Waals surface area contributed by atoms with E-state index in [4.69, 9.17) is 25.5 Å². The minimum Gasteiger partial charge on any atom is -0.396 e. The smallest absolute Gasteiger partial charge is 0.151 e. The molecule has 0 spiro atoms. The Balaban J connectivity index is 4.06. The fourth-order valence-corrected chi connectivity index (χ4v) is 0.813. The van der Waals surface area contributed by atoms with Crippen LogP contribution in [-0.2, 0) is 4.79 Å². The molecule has 0 aromatic carbocycles. The van der Waals surface area contributed by atoms with E-state index in [9.17, 15) is 4.79 Å². The van der Waals surface area contributed by atoms with Crippen molar-refractivity contribution in [2.24, 2.45) is 0 Å². The molecule has 13 heavy (non-hydrogen) atoms. The van der Waals surface area contributed by atoms with Crippen LogP contribution in [0.5, 0.6) is 0 Å². The van der Waals surface area contributed by atoms with E-state index in [1.54, 1.807) is 0 Å². The lowest BCUT2D eigenvalue weighted by atomic mass is 10.0. The molecule has 6 heteroatoms. The van der Waals surface area contributed by atoms with Gasteiger partial charge in [-0.25, -0.2) is 0 Å². The number of rotatable bonds is 6. The average Bonchev–Trinajstić information content (AvgIpc) is 2.14. The van der Waals surface area contributed by atoms with Crippen LogP contribution in [0.2, 0.25) is 0 Å². The van der Waals surface area contributed by atoms with Crippen molar-refractivity contribution in [2.45, 2.75) is 30.8 Å². The number of aldehydes is 1. The summed E-state index contributed by atoms with van der Waals surface area (Å²) in [6.45, 7) is -0.359. The fraction of sp³-hybridized carbons (Fsp3) is 0.857. The molecule has 4 unspecified atom stereocenters. The lowest BCUT2D eigenvalue weighted by molar-refractivity contribution is -0.134. The van der Waals surface area contributed by atoms with E-state index >= 15 is 0 Å². The van der Waals surface area contributed by atoms with Crippen LogP contribution >= 0.6 is 0 Å². The summed E-state index contributed by atoms with van der Waals surface area (Å²) in [5, 5.41) is 44.3. The van der Waals surface area contributed by atoms with E-state index in [1.165, 1.54) is 0 Å². The second-order valence-electron chi connectivity index (χ2n) is 2.69. The standard InChI is InChI=1S/C7H14O6/c8-2-1-4(10)6(12)7(13)5(11)3-9/h3-8,10-13H,1-2H2. The monoisotopic (exact) mass is 194 g/mol. The molecule has 0 fully saturated rings. The van der Waals surface area contributed by atoms with E-state index in [-0.39, 0.29) is 19.3 Å². The molecule has 0 saturated carbocycles. The Labute approximate surface area is 75.1 Å². The number of carbonyl (C=O) groups excluding carboxylic acids is 1. The van der Waals surface area contributed by atoms with Crippen LogP contribution in [0.3, 0.4) is 0 Å². The van der Waals surface area contributed by atoms with Crippen LogP contribution in [0.25, 0.3) is 0 Å². The van der Waals surface area contributed by atoms with E-state index in [1.807, 2.05) is 0 Å². The maximum atomic E-state index is 9.98. The summed E-state index contributed by atoms with van der Waals surface area (Å²) in [6.07, 6.45) is -6.56. The van der Waals surface area contributed by atoms with Gasteiger partial charge in [-0.1, -0.05) is 0 Å². The van der Waals surface area contributed by atoms with Crippen molar-refractivity contribution in [1.82, 2.24) is 0 Å². The Bertz CT molecular complexity index is 150. The highest BCUT2D eigenvalue weighted by molar-refractivity contribution is 5.56. The molecule has 5 N–H and O–H groups in total. The molecule has 0 heterocycles. The Morgan fingerprint density at radius 1 is 1.08 bits per heavy atom. The first-order valence-corrected chi connectivity index (χ1v) is 3.83. The zero-order valence-electron chi connectivity index (χ0n) is 6.95. The summed E-state index contributed by atoms with van der Waals surface area (Å²) < 4.78 is 0. The fourth-order valence-electron chi connectivity index (χ4n) is 0.813. The van der Waals surface area contributed by atoms with Gasteiger partial charge in [-0.2, -0.15) is 0 Å². The molecule has 0 rings (SSSR count). The number of hydrogen-bond donors (Lipinski definition) is 5. The summed E-state index contributed by atoms with van der Waals surface area (Å²) in [5.74, 6) is 0. The van der Waals surface area contributed by atoms with Crippen molar-refractivity contribution in [2.75, 3.05) is 6.61 Å². The highest BCUT2D eigenvalue weighted by Crippen LogP contribution is 2.06. The van der Waals surface area contributed by atoms with Crippen molar-refractivity contribution < 1.29 is 30.3 Å². The summed E-state index contributed by atoms with van der Waals surface area (Å²) in [5.41, 5.74) is 0. The van der Waals surface area contributed by atoms with Gasteiger partial charge in [-0.3, -0.25) is 0 Å². The second-order valence-corrected chi connectivity index (χ2v) is 2.69. The Hall–Kier alpha value is -0.530. The molecule has 0 amide bonds. The van der Waals surface area contributed by atoms with Crippen LogP contribution < -0.4 is 0 Å². The molecule has 78 valence electrons. The highest BCUT2D eigenvalue weighted by Gasteiger charge is 2.29. The third-order valence-electron chi connectivity index (χ3n) is 1.66. The number of carbonyl (C=O) groups is 1. The lowest BCUT2D eigenvalue weighted by Gasteiger charge is -2.23. The van der Waals surface area contributed by atoms with Crippen LogP contribution in [0.1, 0.15) is 6.42 Å². The number of aliphatic hydroxyl groups is 5. The van der Waals surface area contributed by atoms with Gasteiger partial charge in [0.1, 0.15) is 18.3 Å². The largest absolute Gasteiger partial charge is 0.396 e. The molecule has 6 nitrogen and oxygen atoms in total. The molecular weight excluding hydrogens is 180 g/mol. The first-order valence-electron chi connectivity index (χ1n) is 3.83. The maximum Gasteiger partial charge on any atom is 0.151 e. The van der Waals surface area contributed by atoms with Gasteiger partial charge in [0.25, 0.3) is 0 Å². The quantitative estimate of drug-likeness (QED) is 0.288. The van der Waals surface area contributed by atoms with Crippen molar-refractivity contribution in [3.63, 3.8) is 0 Å². The molecule has 0 aliphatic carbocycles. The molecule has 0 aromatic rings. The van der Waals surface area contributed by atoms with Crippen LogP contribution in [-0.4, -0.2) is 62.8 Å². The predicted octanol–water partition coefficient (Wildman–Crippen LogP) is -2.99. The predicted molar refractivity (Wildman–Crippen MR) is 41.8 cm³/mol. The number of hydrogen-bond acceptors (Lipinski definition) is 6. The minimum absolute atomic E-state index is 0.0551. The summed E-state index contributed by atoms with van der Waals surface area (Å²) in [4.78, 5) is 9.98. The van der Waals surface area contributed by atoms with Crippen LogP contribution in [0.15, 0.2) is 0 Å². The van der Waals surface area contributed by atoms with Crippen molar-refractivity contribution >= 4 is 6.29 Å². The highest BCUT2D eigenvalue weighted by atomic mass is 16.4. The maximum absolute atomic E-state index is 9.98. The van der Waals surface area contributed by atoms with E-state index in [0.29, 0.717) is 0 Å². The van der Waals surface area contributed by atoms with Gasteiger partial charge >= 0.3 is 0 Å². The van der Waals surface area contributed by atoms with Gasteiger partial charge < -0.3 is 30.3 Å². The Morgan fingerprint density at radius 2 is 1.62 bits per heavy atom. The average molecular weight is 194 g/mol. The molecule has 0 aromatic heterocycles. The van der Waals surface area contributed by atoms with Crippen molar-refractivity contribution in [3.05, 3.63) is 0 Å². The van der Waals surface area contributed by atoms with E-state index in [0.717, 1.165) is 0 Å². The molecular formula is C7H14O6. The normalized spacial score (nSPS) is 20.4. The van der Waals surface area contributed by atoms with Gasteiger partial charge in [-0.15, -0.1) is 0 Å². The second kappa shape index (κ2) is 6.01. The molecule has 0 aliphatic rings. The molecule has 0 aliphatic heterocycles. The SMILES string of the molecule is O=CC(O)C(O)C(O)C(O)CCO. The molecule has 0 radical (unpaired) electrons. The van der Waals surface area contributed by atoms with Crippen LogP contribution in [0, 0.1) is 0 Å². The summed E-state index contributed by atoms with van der Waals surface area (Å²) in [6, 6.07) is 0. The van der Waals surface area contributed by atoms with Gasteiger partial charge in [0, 0.05) is 6.61 Å². The Kier molecular flexibility index (Phi) is 5.76. The van der Waals surface area contributed by atoms with Gasteiger partial charge in [0.05, 0.1) is 6.10 Å². The van der Waals surface area contributed by atoms with Crippen molar-refractivity contribution in [3.8, 4) is 0 Å². The first kappa shape index (κ1) is 12.5. The third-order valence-corrected chi connectivity index (χ3v) is 1.66. The molecule has 0 bridgehead atoms. The summed E-state index contributed by atoms with van der Waals surface area (Å²) >= 11 is 0. The van der Waals surface area contributed by atoms with Gasteiger partial charge in [0.15, 0.2) is 6.29 Å². The molecule has 4 atom stereocenters. The van der Waals surface area contributed by atoms with Gasteiger partial charge in [-0.05, 0) is 6.42 Å². The Morgan fingerprint density at radius 3 is 2.00 bits per heavy atom. The third kappa shape index (κ3) is 3.79. The van der Waals surface area contributed by atoms with Crippen LogP contribution in [0.4, 0.5) is 0 Å². The molecule has 0 saturated heterocycles. The zero-order chi connectivity index (χ0) is 10.4. The van der Waals surface area contributed by atoms with E-state index < -0.39 is 24.4 Å². The number of aliphatic hydroxyl groups excluding tert-OH is 5. The van der Waals surface area contributed by atoms with Crippen molar-refractivity contribution in [1.29, 1.82) is 0 Å². The minimum atomic E-state index is -1.74. The lowest BCUT2D eigenvalue weighted by Crippen LogP contribution is -2.45.